The number of rotatable bonds is 8. The summed E-state index contributed by atoms with van der Waals surface area (Å²) in [6, 6.07) is 2.44. The maximum atomic E-state index is 11.8. The highest BCUT2D eigenvalue weighted by Gasteiger charge is 2.14. The summed E-state index contributed by atoms with van der Waals surface area (Å²) in [5.41, 5.74) is 5.63. The second-order valence-corrected chi connectivity index (χ2v) is 6.04. The number of pyridine rings is 1. The van der Waals surface area contributed by atoms with Gasteiger partial charge >= 0.3 is 0 Å². The van der Waals surface area contributed by atoms with Crippen molar-refractivity contribution in [3.63, 3.8) is 0 Å². The van der Waals surface area contributed by atoms with Gasteiger partial charge in [0.05, 0.1) is 6.04 Å². The molecule has 1 atom stereocenters. The molecule has 1 heterocycles. The molecule has 0 saturated carbocycles. The molecule has 8 heteroatoms. The SMILES string of the molecule is CCCC(N)C(=O)NCCNS(=O)(=O)c1cccnc1. The van der Waals surface area contributed by atoms with Gasteiger partial charge in [0.2, 0.25) is 15.9 Å². The number of sulfonamides is 1. The van der Waals surface area contributed by atoms with Crippen molar-refractivity contribution < 1.29 is 13.2 Å². The minimum absolute atomic E-state index is 0.0917. The van der Waals surface area contributed by atoms with Crippen molar-refractivity contribution in [3.8, 4) is 0 Å². The van der Waals surface area contributed by atoms with Gasteiger partial charge in [-0.25, -0.2) is 13.1 Å². The summed E-state index contributed by atoms with van der Waals surface area (Å²) in [5.74, 6) is -0.271. The molecule has 0 bridgehead atoms. The van der Waals surface area contributed by atoms with Gasteiger partial charge in [-0.1, -0.05) is 13.3 Å². The van der Waals surface area contributed by atoms with E-state index in [4.69, 9.17) is 5.73 Å². The summed E-state index contributed by atoms with van der Waals surface area (Å²) in [5, 5.41) is 2.58. The molecule has 112 valence electrons. The Bertz CT molecular complexity index is 519. The van der Waals surface area contributed by atoms with Gasteiger partial charge in [0.15, 0.2) is 0 Å². The van der Waals surface area contributed by atoms with E-state index in [1.807, 2.05) is 6.92 Å². The van der Waals surface area contributed by atoms with E-state index in [0.717, 1.165) is 6.42 Å². The lowest BCUT2D eigenvalue weighted by Gasteiger charge is -2.11. The third kappa shape index (κ3) is 5.24. The number of nitrogens with one attached hydrogen (secondary N) is 2. The van der Waals surface area contributed by atoms with Crippen LogP contribution in [0.25, 0.3) is 0 Å². The highest BCUT2D eigenvalue weighted by atomic mass is 32.2. The highest BCUT2D eigenvalue weighted by Crippen LogP contribution is 2.04. The molecule has 1 aromatic rings. The lowest BCUT2D eigenvalue weighted by atomic mass is 10.2. The molecule has 1 aromatic heterocycles. The molecular weight excluding hydrogens is 280 g/mol. The Kier molecular flexibility index (Phi) is 6.56. The van der Waals surface area contributed by atoms with Gasteiger partial charge in [0.1, 0.15) is 4.90 Å². The molecule has 1 rings (SSSR count). The standard InChI is InChI=1S/C12H20N4O3S/c1-2-4-11(13)12(17)15-7-8-16-20(18,19)10-5-3-6-14-9-10/h3,5-6,9,11,16H,2,4,7-8,13H2,1H3,(H,15,17). The van der Waals surface area contributed by atoms with Gasteiger partial charge in [-0.2, -0.15) is 0 Å². The van der Waals surface area contributed by atoms with Crippen molar-refractivity contribution in [1.82, 2.24) is 15.0 Å². The zero-order valence-electron chi connectivity index (χ0n) is 11.4. The second-order valence-electron chi connectivity index (χ2n) is 4.27. The van der Waals surface area contributed by atoms with Crippen molar-refractivity contribution in [2.45, 2.75) is 30.7 Å². The summed E-state index contributed by atoms with van der Waals surface area (Å²) in [6.07, 6.45) is 4.18. The van der Waals surface area contributed by atoms with Gasteiger partial charge in [0.25, 0.3) is 0 Å². The molecule has 0 aromatic carbocycles. The van der Waals surface area contributed by atoms with Crippen LogP contribution in [0.4, 0.5) is 0 Å². The van der Waals surface area contributed by atoms with E-state index >= 15 is 0 Å². The minimum atomic E-state index is -3.58. The molecule has 20 heavy (non-hydrogen) atoms. The largest absolute Gasteiger partial charge is 0.353 e. The molecule has 0 saturated heterocycles. The number of hydrogen-bond donors (Lipinski definition) is 3. The lowest BCUT2D eigenvalue weighted by Crippen LogP contribution is -2.43. The average Bonchev–Trinajstić information content (AvgIpc) is 2.44. The predicted molar refractivity (Wildman–Crippen MR) is 75.3 cm³/mol. The van der Waals surface area contributed by atoms with Crippen LogP contribution in [0.1, 0.15) is 19.8 Å². The van der Waals surface area contributed by atoms with Crippen LogP contribution in [0.2, 0.25) is 0 Å². The van der Waals surface area contributed by atoms with E-state index in [1.54, 1.807) is 6.07 Å². The number of aromatic nitrogens is 1. The molecule has 1 unspecified atom stereocenters. The van der Waals surface area contributed by atoms with Crippen molar-refractivity contribution in [2.75, 3.05) is 13.1 Å². The number of hydrogen-bond acceptors (Lipinski definition) is 5. The Balaban J connectivity index is 2.36. The first-order chi connectivity index (χ1) is 9.47. The minimum Gasteiger partial charge on any atom is -0.353 e. The highest BCUT2D eigenvalue weighted by molar-refractivity contribution is 7.89. The normalized spacial score (nSPS) is 12.9. The maximum Gasteiger partial charge on any atom is 0.242 e. The van der Waals surface area contributed by atoms with Gasteiger partial charge in [-0.15, -0.1) is 0 Å². The van der Waals surface area contributed by atoms with Crippen LogP contribution in [0.3, 0.4) is 0 Å². The molecule has 0 fully saturated rings. The maximum absolute atomic E-state index is 11.8. The summed E-state index contributed by atoms with van der Waals surface area (Å²) < 4.78 is 26.0. The number of nitrogens with two attached hydrogens (primary N) is 1. The van der Waals surface area contributed by atoms with Gasteiger partial charge in [-0.3, -0.25) is 9.78 Å². The molecule has 0 aliphatic carbocycles. The Morgan fingerprint density at radius 3 is 2.80 bits per heavy atom. The zero-order chi connectivity index (χ0) is 15.0. The average molecular weight is 300 g/mol. The van der Waals surface area contributed by atoms with E-state index in [2.05, 4.69) is 15.0 Å². The van der Waals surface area contributed by atoms with Crippen molar-refractivity contribution in [2.24, 2.45) is 5.73 Å². The summed E-state index contributed by atoms with van der Waals surface area (Å²) >= 11 is 0. The van der Waals surface area contributed by atoms with Crippen LogP contribution in [-0.4, -0.2) is 38.4 Å². The number of carbonyl (C=O) groups excluding carboxylic acids is 1. The fourth-order valence-corrected chi connectivity index (χ4v) is 2.53. The van der Waals surface area contributed by atoms with Crippen LogP contribution >= 0.6 is 0 Å². The van der Waals surface area contributed by atoms with Crippen LogP contribution in [0.5, 0.6) is 0 Å². The molecule has 0 spiro atoms. The fourth-order valence-electron chi connectivity index (χ4n) is 1.53. The second kappa shape index (κ2) is 7.93. The summed E-state index contributed by atoms with van der Waals surface area (Å²) in [7, 11) is -3.58. The van der Waals surface area contributed by atoms with Gasteiger partial charge in [-0.05, 0) is 18.6 Å². The monoisotopic (exact) mass is 300 g/mol. The quantitative estimate of drug-likeness (QED) is 0.565. The van der Waals surface area contributed by atoms with Crippen LogP contribution < -0.4 is 15.8 Å². The van der Waals surface area contributed by atoms with Crippen molar-refractivity contribution >= 4 is 15.9 Å². The number of carbonyl (C=O) groups is 1. The topological polar surface area (TPSA) is 114 Å². The third-order valence-electron chi connectivity index (χ3n) is 2.60. The smallest absolute Gasteiger partial charge is 0.242 e. The molecule has 0 aliphatic heterocycles. The molecule has 7 nitrogen and oxygen atoms in total. The molecule has 1 amide bonds. The Morgan fingerprint density at radius 2 is 2.20 bits per heavy atom. The lowest BCUT2D eigenvalue weighted by molar-refractivity contribution is -0.122. The molecule has 0 aliphatic rings. The van der Waals surface area contributed by atoms with Gasteiger partial charge in [0, 0.05) is 25.5 Å². The Labute approximate surface area is 119 Å². The third-order valence-corrected chi connectivity index (χ3v) is 4.04. The molecule has 4 N–H and O–H groups in total. The summed E-state index contributed by atoms with van der Waals surface area (Å²) in [6.45, 7) is 2.23. The van der Waals surface area contributed by atoms with Crippen molar-refractivity contribution in [3.05, 3.63) is 24.5 Å². The number of amides is 1. The van der Waals surface area contributed by atoms with Crippen LogP contribution in [0.15, 0.2) is 29.4 Å². The first-order valence-corrected chi connectivity index (χ1v) is 7.88. The van der Waals surface area contributed by atoms with E-state index in [1.165, 1.54) is 18.5 Å². The molecule has 0 radical (unpaired) electrons. The van der Waals surface area contributed by atoms with Crippen molar-refractivity contribution in [1.29, 1.82) is 0 Å². The first-order valence-electron chi connectivity index (χ1n) is 6.40. The van der Waals surface area contributed by atoms with E-state index in [0.29, 0.717) is 6.42 Å². The first kappa shape index (κ1) is 16.5. The predicted octanol–water partition coefficient (Wildman–Crippen LogP) is -0.396. The summed E-state index contributed by atoms with van der Waals surface area (Å²) in [4.78, 5) is 15.3. The fraction of sp³-hybridized carbons (Fsp3) is 0.500. The van der Waals surface area contributed by atoms with Crippen LogP contribution in [0, 0.1) is 0 Å². The van der Waals surface area contributed by atoms with E-state index in [-0.39, 0.29) is 23.9 Å². The Hall–Kier alpha value is -1.51. The van der Waals surface area contributed by atoms with Gasteiger partial charge < -0.3 is 11.1 Å². The van der Waals surface area contributed by atoms with Crippen LogP contribution in [-0.2, 0) is 14.8 Å². The zero-order valence-corrected chi connectivity index (χ0v) is 12.2. The number of nitrogens with zero attached hydrogens (tertiary/aromatic N) is 1. The van der Waals surface area contributed by atoms with E-state index < -0.39 is 16.1 Å². The van der Waals surface area contributed by atoms with E-state index in [9.17, 15) is 13.2 Å². The Morgan fingerprint density at radius 1 is 1.45 bits per heavy atom. The molecular formula is C12H20N4O3S.